The van der Waals surface area contributed by atoms with Gasteiger partial charge in [-0.2, -0.15) is 5.26 Å². The van der Waals surface area contributed by atoms with Gasteiger partial charge in [0.25, 0.3) is 10.0 Å². The van der Waals surface area contributed by atoms with Crippen LogP contribution < -0.4 is 10.0 Å². The Balaban J connectivity index is 1.53. The van der Waals surface area contributed by atoms with Crippen LogP contribution in [0.2, 0.25) is 0 Å². The smallest absolute Gasteiger partial charge is 0.264 e. The molecule has 1 aromatic carbocycles. The fourth-order valence-corrected chi connectivity index (χ4v) is 4.65. The summed E-state index contributed by atoms with van der Waals surface area (Å²) in [6, 6.07) is 9.05. The minimum Gasteiger partial charge on any atom is -0.325 e. The molecule has 0 aliphatic carbocycles. The van der Waals surface area contributed by atoms with E-state index in [1.165, 1.54) is 12.1 Å². The van der Waals surface area contributed by atoms with Crippen molar-refractivity contribution >= 4 is 21.8 Å². The molecule has 144 valence electrons. The number of hydrogen-bond donors (Lipinski definition) is 2. The van der Waals surface area contributed by atoms with Gasteiger partial charge in [-0.3, -0.25) is 9.59 Å². The first-order chi connectivity index (χ1) is 12.9. The minimum atomic E-state index is -3.89. The van der Waals surface area contributed by atoms with E-state index in [-0.39, 0.29) is 29.2 Å². The molecule has 0 bridgehead atoms. The normalized spacial score (nSPS) is 25.1. The van der Waals surface area contributed by atoms with E-state index in [1.807, 2.05) is 0 Å². The fraction of sp³-hybridized carbons (Fsp3) is 0.500. The predicted molar refractivity (Wildman–Crippen MR) is 96.6 cm³/mol. The molecule has 0 aromatic heterocycles. The first-order valence-electron chi connectivity index (χ1n) is 8.95. The minimum absolute atomic E-state index is 0.0184. The van der Waals surface area contributed by atoms with E-state index in [0.29, 0.717) is 25.9 Å². The molecule has 3 rings (SSSR count). The van der Waals surface area contributed by atoms with Gasteiger partial charge in [0.15, 0.2) is 0 Å². The number of nitrogens with zero attached hydrogens (tertiary/aromatic N) is 2. The van der Waals surface area contributed by atoms with Gasteiger partial charge in [0.1, 0.15) is 6.04 Å². The van der Waals surface area contributed by atoms with Crippen LogP contribution in [0.3, 0.4) is 0 Å². The van der Waals surface area contributed by atoms with Crippen molar-refractivity contribution in [2.24, 2.45) is 5.92 Å². The van der Waals surface area contributed by atoms with Crippen molar-refractivity contribution in [3.63, 3.8) is 0 Å². The summed E-state index contributed by atoms with van der Waals surface area (Å²) in [5.74, 6) is -0.832. The molecule has 2 aliphatic rings. The highest BCUT2D eigenvalue weighted by Gasteiger charge is 2.37. The molecule has 2 amide bonds. The molecule has 9 heteroatoms. The number of sulfonamides is 1. The van der Waals surface area contributed by atoms with Gasteiger partial charge >= 0.3 is 0 Å². The van der Waals surface area contributed by atoms with Gasteiger partial charge in [-0.05, 0) is 43.9 Å². The van der Waals surface area contributed by atoms with Crippen molar-refractivity contribution in [2.45, 2.75) is 42.7 Å². The van der Waals surface area contributed by atoms with E-state index in [2.05, 4.69) is 16.1 Å². The quantitative estimate of drug-likeness (QED) is 0.750. The number of hydrogen-bond acceptors (Lipinski definition) is 6. The molecule has 0 radical (unpaired) electrons. The number of benzene rings is 1. The number of amides is 2. The van der Waals surface area contributed by atoms with Crippen LogP contribution in [0.4, 0.5) is 0 Å². The standard InChI is InChI=1S/C18H22N4O4S/c19-11-14-5-4-8-22(14)18(24)16-9-13(12-20-16)10-17(23)21-27(25,26)15-6-2-1-3-7-15/h1-3,6-7,13-14,16,20H,4-5,8-10,12H2,(H,21,23)/t13-,14+,16+/m1/s1. The second kappa shape index (κ2) is 8.06. The predicted octanol–water partition coefficient (Wildman–Crippen LogP) is 0.374. The molecule has 8 nitrogen and oxygen atoms in total. The van der Waals surface area contributed by atoms with Crippen LogP contribution in [-0.2, 0) is 19.6 Å². The van der Waals surface area contributed by atoms with E-state index >= 15 is 0 Å². The second-order valence-corrected chi connectivity index (χ2v) is 8.61. The van der Waals surface area contributed by atoms with Crippen molar-refractivity contribution in [1.82, 2.24) is 14.9 Å². The lowest BCUT2D eigenvalue weighted by Gasteiger charge is -2.23. The largest absolute Gasteiger partial charge is 0.325 e. The zero-order chi connectivity index (χ0) is 19.4. The topological polar surface area (TPSA) is 119 Å². The van der Waals surface area contributed by atoms with Crippen molar-refractivity contribution in [3.05, 3.63) is 30.3 Å². The summed E-state index contributed by atoms with van der Waals surface area (Å²) in [4.78, 5) is 26.4. The van der Waals surface area contributed by atoms with E-state index < -0.39 is 22.0 Å². The summed E-state index contributed by atoms with van der Waals surface area (Å²) >= 11 is 0. The van der Waals surface area contributed by atoms with Crippen molar-refractivity contribution in [2.75, 3.05) is 13.1 Å². The Morgan fingerprint density at radius 3 is 2.74 bits per heavy atom. The van der Waals surface area contributed by atoms with Crippen molar-refractivity contribution in [1.29, 1.82) is 5.26 Å². The number of carbonyl (C=O) groups is 2. The van der Waals surface area contributed by atoms with Crippen LogP contribution in [0.5, 0.6) is 0 Å². The molecular formula is C18H22N4O4S. The maximum absolute atomic E-state index is 12.6. The van der Waals surface area contributed by atoms with E-state index in [9.17, 15) is 18.0 Å². The molecular weight excluding hydrogens is 368 g/mol. The number of carbonyl (C=O) groups excluding carboxylic acids is 2. The molecule has 0 unspecified atom stereocenters. The van der Waals surface area contributed by atoms with Gasteiger partial charge in [0.2, 0.25) is 11.8 Å². The SMILES string of the molecule is N#C[C@@H]1CCCN1C(=O)[C@@H]1C[C@H](CC(=O)NS(=O)(=O)c2ccccc2)CN1. The number of nitriles is 1. The maximum Gasteiger partial charge on any atom is 0.264 e. The Bertz CT molecular complexity index is 850. The zero-order valence-electron chi connectivity index (χ0n) is 14.8. The van der Waals surface area contributed by atoms with E-state index in [4.69, 9.17) is 5.26 Å². The summed E-state index contributed by atoms with van der Waals surface area (Å²) < 4.78 is 26.5. The monoisotopic (exact) mass is 390 g/mol. The molecule has 1 aromatic rings. The summed E-state index contributed by atoms with van der Waals surface area (Å²) in [5.41, 5.74) is 0. The zero-order valence-corrected chi connectivity index (χ0v) is 15.6. The first kappa shape index (κ1) is 19.3. The highest BCUT2D eigenvalue weighted by Crippen LogP contribution is 2.23. The highest BCUT2D eigenvalue weighted by molar-refractivity contribution is 7.90. The molecule has 27 heavy (non-hydrogen) atoms. The summed E-state index contributed by atoms with van der Waals surface area (Å²) in [5, 5.41) is 12.2. The van der Waals surface area contributed by atoms with E-state index in [1.54, 1.807) is 23.1 Å². The second-order valence-electron chi connectivity index (χ2n) is 6.93. The Kier molecular flexibility index (Phi) is 5.77. The molecule has 0 spiro atoms. The maximum atomic E-state index is 12.6. The Labute approximate surface area is 158 Å². The van der Waals surface area contributed by atoms with Crippen LogP contribution >= 0.6 is 0 Å². The van der Waals surface area contributed by atoms with Gasteiger partial charge in [-0.15, -0.1) is 0 Å². The third-order valence-corrected chi connectivity index (χ3v) is 6.37. The van der Waals surface area contributed by atoms with Gasteiger partial charge in [-0.1, -0.05) is 18.2 Å². The summed E-state index contributed by atoms with van der Waals surface area (Å²) in [7, 11) is -3.89. The molecule has 2 saturated heterocycles. The van der Waals surface area contributed by atoms with Crippen LogP contribution in [0.15, 0.2) is 35.2 Å². The van der Waals surface area contributed by atoms with Crippen LogP contribution in [0.25, 0.3) is 0 Å². The van der Waals surface area contributed by atoms with Crippen LogP contribution in [0.1, 0.15) is 25.7 Å². The fourth-order valence-electron chi connectivity index (χ4n) is 3.63. The lowest BCUT2D eigenvalue weighted by atomic mass is 10.0. The third-order valence-electron chi connectivity index (χ3n) is 4.98. The average Bonchev–Trinajstić information content (AvgIpc) is 3.30. The number of likely N-dealkylation sites (tertiary alicyclic amines) is 1. The molecule has 0 saturated carbocycles. The van der Waals surface area contributed by atoms with Gasteiger partial charge in [0, 0.05) is 13.0 Å². The van der Waals surface area contributed by atoms with Gasteiger partial charge in [-0.25, -0.2) is 13.1 Å². The molecule has 3 atom stereocenters. The third kappa shape index (κ3) is 4.46. The lowest BCUT2D eigenvalue weighted by molar-refractivity contribution is -0.133. The molecule has 2 aliphatic heterocycles. The molecule has 2 N–H and O–H groups in total. The van der Waals surface area contributed by atoms with Gasteiger partial charge < -0.3 is 10.2 Å². The highest BCUT2D eigenvalue weighted by atomic mass is 32.2. The lowest BCUT2D eigenvalue weighted by Crippen LogP contribution is -2.45. The summed E-state index contributed by atoms with van der Waals surface area (Å²) in [6.45, 7) is 1.04. The Hall–Kier alpha value is -2.44. The number of nitrogens with one attached hydrogen (secondary N) is 2. The van der Waals surface area contributed by atoms with Crippen molar-refractivity contribution < 1.29 is 18.0 Å². The first-order valence-corrected chi connectivity index (χ1v) is 10.4. The average molecular weight is 390 g/mol. The van der Waals surface area contributed by atoms with Crippen LogP contribution in [0, 0.1) is 17.2 Å². The van der Waals surface area contributed by atoms with E-state index in [0.717, 1.165) is 6.42 Å². The Morgan fingerprint density at radius 1 is 1.30 bits per heavy atom. The van der Waals surface area contributed by atoms with Crippen molar-refractivity contribution in [3.8, 4) is 6.07 Å². The van der Waals surface area contributed by atoms with Gasteiger partial charge in [0.05, 0.1) is 17.0 Å². The summed E-state index contributed by atoms with van der Waals surface area (Å²) in [6.07, 6.45) is 1.98. The van der Waals surface area contributed by atoms with Crippen LogP contribution in [-0.4, -0.2) is 50.3 Å². The molecule has 2 fully saturated rings. The Morgan fingerprint density at radius 2 is 2.04 bits per heavy atom. The molecule has 2 heterocycles. The number of rotatable bonds is 5.